The normalized spacial score (nSPS) is 12.5. The molecule has 0 aliphatic heterocycles. The zero-order valence-corrected chi connectivity index (χ0v) is 12.2. The van der Waals surface area contributed by atoms with Crippen LogP contribution in [0.3, 0.4) is 0 Å². The Morgan fingerprint density at radius 2 is 1.90 bits per heavy atom. The van der Waals surface area contributed by atoms with Crippen molar-refractivity contribution in [3.63, 3.8) is 0 Å². The van der Waals surface area contributed by atoms with Crippen LogP contribution < -0.4 is 11.3 Å². The van der Waals surface area contributed by atoms with Gasteiger partial charge in [-0.2, -0.15) is 0 Å². The zero-order valence-electron chi connectivity index (χ0n) is 11.5. The maximum atomic E-state index is 5.93. The predicted molar refractivity (Wildman–Crippen MR) is 87.0 cm³/mol. The summed E-state index contributed by atoms with van der Waals surface area (Å²) in [6, 6.07) is 16.1. The van der Waals surface area contributed by atoms with Crippen LogP contribution in [0.25, 0.3) is 10.8 Å². The van der Waals surface area contributed by atoms with Gasteiger partial charge in [0.05, 0.1) is 6.04 Å². The van der Waals surface area contributed by atoms with Crippen molar-refractivity contribution in [1.29, 1.82) is 0 Å². The Bertz CT molecular complexity index is 735. The Morgan fingerprint density at radius 3 is 2.67 bits per heavy atom. The first-order valence-electron chi connectivity index (χ1n) is 6.81. The molecule has 0 saturated heterocycles. The minimum Gasteiger partial charge on any atom is -0.271 e. The predicted octanol–water partition coefficient (Wildman–Crippen LogP) is 3.64. The van der Waals surface area contributed by atoms with Gasteiger partial charge in [-0.1, -0.05) is 41.9 Å². The molecule has 0 amide bonds. The molecule has 1 aromatic heterocycles. The van der Waals surface area contributed by atoms with Crippen LogP contribution >= 0.6 is 11.6 Å². The number of fused-ring (bicyclic) bond motifs is 1. The summed E-state index contributed by atoms with van der Waals surface area (Å²) in [7, 11) is 0. The summed E-state index contributed by atoms with van der Waals surface area (Å²) in [6.45, 7) is 0. The number of nitrogens with zero attached hydrogens (tertiary/aromatic N) is 1. The van der Waals surface area contributed by atoms with Gasteiger partial charge >= 0.3 is 0 Å². The lowest BCUT2D eigenvalue weighted by atomic mass is 9.95. The molecule has 0 radical (unpaired) electrons. The Morgan fingerprint density at radius 1 is 1.10 bits per heavy atom. The molecule has 3 aromatic rings. The third kappa shape index (κ3) is 3.05. The summed E-state index contributed by atoms with van der Waals surface area (Å²) in [5, 5.41) is 3.03. The Hall–Kier alpha value is -1.94. The summed E-state index contributed by atoms with van der Waals surface area (Å²) >= 11 is 5.93. The van der Waals surface area contributed by atoms with Crippen LogP contribution in [0.2, 0.25) is 5.02 Å². The fourth-order valence-corrected chi connectivity index (χ4v) is 2.69. The van der Waals surface area contributed by atoms with Gasteiger partial charge in [0.15, 0.2) is 0 Å². The molecule has 106 valence electrons. The quantitative estimate of drug-likeness (QED) is 0.571. The van der Waals surface area contributed by atoms with Gasteiger partial charge in [0.1, 0.15) is 0 Å². The number of hydrogen-bond donors (Lipinski definition) is 2. The van der Waals surface area contributed by atoms with E-state index in [0.29, 0.717) is 0 Å². The average molecular weight is 298 g/mol. The van der Waals surface area contributed by atoms with E-state index >= 15 is 0 Å². The number of nitrogens with one attached hydrogen (secondary N) is 1. The highest BCUT2D eigenvalue weighted by Gasteiger charge is 2.13. The van der Waals surface area contributed by atoms with E-state index < -0.39 is 0 Å². The van der Waals surface area contributed by atoms with Crippen LogP contribution in [0.15, 0.2) is 60.9 Å². The van der Waals surface area contributed by atoms with Crippen molar-refractivity contribution in [3.8, 4) is 0 Å². The Kier molecular flexibility index (Phi) is 4.15. The van der Waals surface area contributed by atoms with Gasteiger partial charge in [0.2, 0.25) is 0 Å². The molecule has 0 fully saturated rings. The molecule has 3 nitrogen and oxygen atoms in total. The van der Waals surface area contributed by atoms with Gasteiger partial charge in [0, 0.05) is 22.8 Å². The van der Waals surface area contributed by atoms with E-state index in [4.69, 9.17) is 17.4 Å². The number of hydrogen-bond acceptors (Lipinski definition) is 3. The molecule has 0 bridgehead atoms. The van der Waals surface area contributed by atoms with E-state index in [9.17, 15) is 0 Å². The van der Waals surface area contributed by atoms with E-state index in [2.05, 4.69) is 22.5 Å². The molecule has 2 aromatic carbocycles. The SMILES string of the molecule is NNC(Cc1ccc(Cl)cc1)c1cccc2cnccc12. The third-order valence-electron chi connectivity index (χ3n) is 3.64. The fourth-order valence-electron chi connectivity index (χ4n) is 2.57. The van der Waals surface area contributed by atoms with Gasteiger partial charge in [0.25, 0.3) is 0 Å². The Labute approximate surface area is 128 Å². The van der Waals surface area contributed by atoms with Crippen LogP contribution in [0.1, 0.15) is 17.2 Å². The lowest BCUT2D eigenvalue weighted by Gasteiger charge is -2.18. The second-order valence-electron chi connectivity index (χ2n) is 4.99. The first-order chi connectivity index (χ1) is 10.3. The van der Waals surface area contributed by atoms with Crippen molar-refractivity contribution in [2.24, 2.45) is 5.84 Å². The van der Waals surface area contributed by atoms with E-state index in [-0.39, 0.29) is 6.04 Å². The van der Waals surface area contributed by atoms with Crippen LogP contribution in [0.4, 0.5) is 0 Å². The van der Waals surface area contributed by atoms with E-state index in [1.807, 2.05) is 48.8 Å². The topological polar surface area (TPSA) is 50.9 Å². The summed E-state index contributed by atoms with van der Waals surface area (Å²) in [6.07, 6.45) is 4.48. The molecule has 0 spiro atoms. The smallest absolute Gasteiger partial charge is 0.0506 e. The Balaban J connectivity index is 1.96. The number of hydrazine groups is 1. The van der Waals surface area contributed by atoms with Gasteiger partial charge in [-0.3, -0.25) is 16.3 Å². The first-order valence-corrected chi connectivity index (χ1v) is 7.19. The van der Waals surface area contributed by atoms with E-state index in [1.54, 1.807) is 0 Å². The standard InChI is InChI=1S/C17H16ClN3/c18-14-6-4-12(5-7-14)10-17(21-19)16-3-1-2-13-11-20-9-8-15(13)16/h1-9,11,17,21H,10,19H2. The van der Waals surface area contributed by atoms with Crippen molar-refractivity contribution in [2.45, 2.75) is 12.5 Å². The highest BCUT2D eigenvalue weighted by Crippen LogP contribution is 2.26. The lowest BCUT2D eigenvalue weighted by Crippen LogP contribution is -2.29. The average Bonchev–Trinajstić information content (AvgIpc) is 2.54. The molecule has 1 unspecified atom stereocenters. The number of pyridine rings is 1. The highest BCUT2D eigenvalue weighted by molar-refractivity contribution is 6.30. The van der Waals surface area contributed by atoms with Crippen molar-refractivity contribution in [2.75, 3.05) is 0 Å². The number of rotatable bonds is 4. The largest absolute Gasteiger partial charge is 0.271 e. The molecule has 1 heterocycles. The molecule has 1 atom stereocenters. The maximum absolute atomic E-state index is 5.93. The summed E-state index contributed by atoms with van der Waals surface area (Å²) in [4.78, 5) is 4.17. The summed E-state index contributed by atoms with van der Waals surface area (Å²) in [5.41, 5.74) is 5.28. The van der Waals surface area contributed by atoms with Crippen molar-refractivity contribution < 1.29 is 0 Å². The highest BCUT2D eigenvalue weighted by atomic mass is 35.5. The minimum absolute atomic E-state index is 0.0391. The summed E-state index contributed by atoms with van der Waals surface area (Å²) in [5.74, 6) is 5.78. The number of benzene rings is 2. The first kappa shape index (κ1) is 14.0. The molecule has 0 saturated carbocycles. The van der Waals surface area contributed by atoms with Gasteiger partial charge in [-0.05, 0) is 41.1 Å². The molecular weight excluding hydrogens is 282 g/mol. The second-order valence-corrected chi connectivity index (χ2v) is 5.43. The monoisotopic (exact) mass is 297 g/mol. The molecule has 21 heavy (non-hydrogen) atoms. The second kappa shape index (κ2) is 6.22. The molecule has 0 aliphatic carbocycles. The molecule has 3 rings (SSSR count). The van der Waals surface area contributed by atoms with Gasteiger partial charge in [-0.25, -0.2) is 0 Å². The van der Waals surface area contributed by atoms with Crippen molar-refractivity contribution in [3.05, 3.63) is 77.1 Å². The number of halogens is 1. The van der Waals surface area contributed by atoms with Gasteiger partial charge < -0.3 is 0 Å². The minimum atomic E-state index is 0.0391. The van der Waals surface area contributed by atoms with Crippen LogP contribution in [0, 0.1) is 0 Å². The maximum Gasteiger partial charge on any atom is 0.0506 e. The lowest BCUT2D eigenvalue weighted by molar-refractivity contribution is 0.555. The van der Waals surface area contributed by atoms with Crippen molar-refractivity contribution in [1.82, 2.24) is 10.4 Å². The van der Waals surface area contributed by atoms with E-state index in [1.165, 1.54) is 16.5 Å². The zero-order chi connectivity index (χ0) is 14.7. The van der Waals surface area contributed by atoms with Gasteiger partial charge in [-0.15, -0.1) is 0 Å². The summed E-state index contributed by atoms with van der Waals surface area (Å²) < 4.78 is 0. The molecule has 4 heteroatoms. The fraction of sp³-hybridized carbons (Fsp3) is 0.118. The van der Waals surface area contributed by atoms with Crippen LogP contribution in [-0.2, 0) is 6.42 Å². The molecular formula is C17H16ClN3. The third-order valence-corrected chi connectivity index (χ3v) is 3.90. The van der Waals surface area contributed by atoms with Crippen LogP contribution in [0.5, 0.6) is 0 Å². The van der Waals surface area contributed by atoms with Crippen LogP contribution in [-0.4, -0.2) is 4.98 Å². The number of nitrogens with two attached hydrogens (primary N) is 1. The molecule has 0 aliphatic rings. The van der Waals surface area contributed by atoms with Crippen molar-refractivity contribution >= 4 is 22.4 Å². The van der Waals surface area contributed by atoms with E-state index in [0.717, 1.165) is 16.8 Å². The molecule has 3 N–H and O–H groups in total. The number of aromatic nitrogens is 1.